The molecule has 0 radical (unpaired) electrons. The Balaban J connectivity index is 1.91. The summed E-state index contributed by atoms with van der Waals surface area (Å²) in [7, 11) is 0. The first-order chi connectivity index (χ1) is 9.97. The quantitative estimate of drug-likeness (QED) is 0.766. The Kier molecular flexibility index (Phi) is 3.32. The van der Waals surface area contributed by atoms with E-state index >= 15 is 0 Å². The molecule has 1 amide bonds. The van der Waals surface area contributed by atoms with Crippen molar-refractivity contribution in [2.75, 3.05) is 11.4 Å². The van der Waals surface area contributed by atoms with Crippen LogP contribution >= 0.6 is 0 Å². The molecule has 108 valence electrons. The highest BCUT2D eigenvalue weighted by Gasteiger charge is 2.25. The zero-order chi connectivity index (χ0) is 15.0. The monoisotopic (exact) mass is 279 g/mol. The third-order valence-corrected chi connectivity index (χ3v) is 4.14. The molecule has 0 N–H and O–H groups in total. The van der Waals surface area contributed by atoms with E-state index in [9.17, 15) is 4.79 Å². The minimum atomic E-state index is 0.111. The van der Waals surface area contributed by atoms with E-state index in [4.69, 9.17) is 0 Å². The van der Waals surface area contributed by atoms with E-state index in [2.05, 4.69) is 45.0 Å². The van der Waals surface area contributed by atoms with Gasteiger partial charge in [0.15, 0.2) is 0 Å². The molecule has 2 heteroatoms. The molecular weight excluding hydrogens is 258 g/mol. The first-order valence-electron chi connectivity index (χ1n) is 7.47. The molecular formula is C19H21NO. The first-order valence-corrected chi connectivity index (χ1v) is 7.47. The lowest BCUT2D eigenvalue weighted by Gasteiger charge is -2.29. The Morgan fingerprint density at radius 3 is 2.29 bits per heavy atom. The summed E-state index contributed by atoms with van der Waals surface area (Å²) in [6.45, 7) is 7.35. The smallest absolute Gasteiger partial charge is 0.258 e. The van der Waals surface area contributed by atoms with Gasteiger partial charge in [0.1, 0.15) is 0 Å². The van der Waals surface area contributed by atoms with E-state index < -0.39 is 0 Å². The number of anilines is 1. The average Bonchev–Trinajstić information content (AvgIpc) is 2.47. The molecule has 0 unspecified atom stereocenters. The van der Waals surface area contributed by atoms with Crippen molar-refractivity contribution < 1.29 is 4.79 Å². The topological polar surface area (TPSA) is 20.3 Å². The Hall–Kier alpha value is -2.09. The van der Waals surface area contributed by atoms with E-state index in [1.165, 1.54) is 5.56 Å². The predicted octanol–water partition coefficient (Wildman–Crippen LogP) is 4.19. The molecule has 0 saturated heterocycles. The lowest BCUT2D eigenvalue weighted by atomic mass is 9.87. The van der Waals surface area contributed by atoms with Crippen molar-refractivity contribution in [3.63, 3.8) is 0 Å². The number of carbonyl (C=O) groups excluding carboxylic acids is 1. The Labute approximate surface area is 126 Å². The highest BCUT2D eigenvalue weighted by molar-refractivity contribution is 6.08. The molecule has 2 nitrogen and oxygen atoms in total. The van der Waals surface area contributed by atoms with Crippen LogP contribution < -0.4 is 4.90 Å². The van der Waals surface area contributed by atoms with Gasteiger partial charge in [-0.2, -0.15) is 0 Å². The van der Waals surface area contributed by atoms with E-state index in [1.807, 2.05) is 29.2 Å². The third-order valence-electron chi connectivity index (χ3n) is 4.14. The number of benzene rings is 2. The summed E-state index contributed by atoms with van der Waals surface area (Å²) >= 11 is 0. The van der Waals surface area contributed by atoms with Crippen molar-refractivity contribution in [1.29, 1.82) is 0 Å². The first kappa shape index (κ1) is 13.9. The number of hydrogen-bond acceptors (Lipinski definition) is 1. The van der Waals surface area contributed by atoms with E-state index in [0.717, 1.165) is 29.8 Å². The van der Waals surface area contributed by atoms with Crippen LogP contribution in [0.3, 0.4) is 0 Å². The lowest BCUT2D eigenvalue weighted by molar-refractivity contribution is 0.0980. The fourth-order valence-electron chi connectivity index (χ4n) is 2.81. The molecule has 0 fully saturated rings. The number of fused-ring (bicyclic) bond motifs is 1. The van der Waals surface area contributed by atoms with Crippen LogP contribution in [0.15, 0.2) is 48.5 Å². The summed E-state index contributed by atoms with van der Waals surface area (Å²) in [5, 5.41) is 0. The second-order valence-corrected chi connectivity index (χ2v) is 6.66. The molecule has 2 aromatic rings. The van der Waals surface area contributed by atoms with Gasteiger partial charge in [-0.25, -0.2) is 0 Å². The van der Waals surface area contributed by atoms with Crippen LogP contribution in [-0.2, 0) is 11.8 Å². The van der Waals surface area contributed by atoms with Crippen molar-refractivity contribution in [2.24, 2.45) is 0 Å². The van der Waals surface area contributed by atoms with E-state index in [0.29, 0.717) is 0 Å². The van der Waals surface area contributed by atoms with Gasteiger partial charge in [-0.3, -0.25) is 4.79 Å². The summed E-state index contributed by atoms with van der Waals surface area (Å²) in [6.07, 6.45) is 0.920. The summed E-state index contributed by atoms with van der Waals surface area (Å²) in [6, 6.07) is 16.3. The fraction of sp³-hybridized carbons (Fsp3) is 0.316. The van der Waals surface area contributed by atoms with Crippen LogP contribution in [0.4, 0.5) is 5.69 Å². The van der Waals surface area contributed by atoms with Gasteiger partial charge in [0.25, 0.3) is 5.91 Å². The van der Waals surface area contributed by atoms with Crippen LogP contribution in [0.2, 0.25) is 0 Å². The fourth-order valence-corrected chi connectivity index (χ4v) is 2.81. The van der Waals surface area contributed by atoms with Gasteiger partial charge in [0, 0.05) is 17.8 Å². The molecule has 0 aromatic heterocycles. The summed E-state index contributed by atoms with van der Waals surface area (Å²) in [4.78, 5) is 14.5. The van der Waals surface area contributed by atoms with Gasteiger partial charge in [-0.05, 0) is 41.2 Å². The standard InChI is InChI=1S/C19H21NO/c1-19(2,3)15-8-10-16(11-9-15)20-13-12-14-6-4-5-7-17(14)18(20)21/h4-11H,12-13H2,1-3H3. The Morgan fingerprint density at radius 2 is 1.62 bits per heavy atom. The number of rotatable bonds is 1. The third kappa shape index (κ3) is 2.58. The second kappa shape index (κ2) is 5.03. The van der Waals surface area contributed by atoms with E-state index in [1.54, 1.807) is 0 Å². The zero-order valence-electron chi connectivity index (χ0n) is 12.9. The van der Waals surface area contributed by atoms with E-state index in [-0.39, 0.29) is 11.3 Å². The summed E-state index contributed by atoms with van der Waals surface area (Å²) in [5.41, 5.74) is 4.41. The van der Waals surface area contributed by atoms with Crippen molar-refractivity contribution in [3.05, 3.63) is 65.2 Å². The molecule has 1 aliphatic heterocycles. The molecule has 0 atom stereocenters. The second-order valence-electron chi connectivity index (χ2n) is 6.66. The van der Waals surface area contributed by atoms with Crippen molar-refractivity contribution in [3.8, 4) is 0 Å². The molecule has 0 spiro atoms. The summed E-state index contributed by atoms with van der Waals surface area (Å²) in [5.74, 6) is 0.111. The number of amides is 1. The maximum atomic E-state index is 12.6. The van der Waals surface area contributed by atoms with Crippen LogP contribution in [-0.4, -0.2) is 12.5 Å². The molecule has 0 saturated carbocycles. The lowest BCUT2D eigenvalue weighted by Crippen LogP contribution is -2.37. The summed E-state index contributed by atoms with van der Waals surface area (Å²) < 4.78 is 0. The Bertz CT molecular complexity index is 665. The number of hydrogen-bond donors (Lipinski definition) is 0. The molecule has 1 aliphatic rings. The minimum absolute atomic E-state index is 0.111. The molecule has 0 bridgehead atoms. The van der Waals surface area contributed by atoms with Crippen LogP contribution in [0.5, 0.6) is 0 Å². The normalized spacial score (nSPS) is 15.0. The molecule has 0 aliphatic carbocycles. The minimum Gasteiger partial charge on any atom is -0.308 e. The van der Waals surface area contributed by atoms with Crippen molar-refractivity contribution in [2.45, 2.75) is 32.6 Å². The van der Waals surface area contributed by atoms with Gasteiger partial charge in [-0.1, -0.05) is 51.1 Å². The maximum absolute atomic E-state index is 12.6. The van der Waals surface area contributed by atoms with Crippen molar-refractivity contribution >= 4 is 11.6 Å². The molecule has 3 rings (SSSR count). The van der Waals surface area contributed by atoms with Gasteiger partial charge in [-0.15, -0.1) is 0 Å². The highest BCUT2D eigenvalue weighted by Crippen LogP contribution is 2.28. The number of carbonyl (C=O) groups is 1. The van der Waals surface area contributed by atoms with Gasteiger partial charge < -0.3 is 4.90 Å². The highest BCUT2D eigenvalue weighted by atomic mass is 16.2. The predicted molar refractivity (Wildman–Crippen MR) is 87.0 cm³/mol. The van der Waals surface area contributed by atoms with Crippen LogP contribution in [0, 0.1) is 0 Å². The average molecular weight is 279 g/mol. The Morgan fingerprint density at radius 1 is 0.952 bits per heavy atom. The van der Waals surface area contributed by atoms with Crippen LogP contribution in [0.1, 0.15) is 42.3 Å². The largest absolute Gasteiger partial charge is 0.308 e. The molecule has 1 heterocycles. The SMILES string of the molecule is CC(C)(C)c1ccc(N2CCc3ccccc3C2=O)cc1. The maximum Gasteiger partial charge on any atom is 0.258 e. The van der Waals surface area contributed by atoms with Crippen molar-refractivity contribution in [1.82, 2.24) is 0 Å². The van der Waals surface area contributed by atoms with Gasteiger partial charge in [0.2, 0.25) is 0 Å². The number of nitrogens with zero attached hydrogens (tertiary/aromatic N) is 1. The zero-order valence-corrected chi connectivity index (χ0v) is 12.9. The van der Waals surface area contributed by atoms with Gasteiger partial charge >= 0.3 is 0 Å². The molecule has 21 heavy (non-hydrogen) atoms. The van der Waals surface area contributed by atoms with Gasteiger partial charge in [0.05, 0.1) is 0 Å². The molecule has 2 aromatic carbocycles. The van der Waals surface area contributed by atoms with Crippen LogP contribution in [0.25, 0.3) is 0 Å².